The van der Waals surface area contributed by atoms with E-state index in [1.165, 1.54) is 57.4 Å². The summed E-state index contributed by atoms with van der Waals surface area (Å²) >= 11 is -0.472. The van der Waals surface area contributed by atoms with Gasteiger partial charge in [-0.25, -0.2) is 9.59 Å². The van der Waals surface area contributed by atoms with E-state index in [1.807, 2.05) is 0 Å². The number of ketones is 4. The van der Waals surface area contributed by atoms with Crippen LogP contribution in [0.1, 0.15) is 161 Å². The number of rotatable bonds is 15. The Morgan fingerprint density at radius 3 is 1.94 bits per heavy atom. The molecule has 12 rings (SSSR count). The van der Waals surface area contributed by atoms with E-state index < -0.39 is 225 Å². The number of aromatic hydroxyl groups is 2. The van der Waals surface area contributed by atoms with Gasteiger partial charge in [-0.3, -0.25) is 33.6 Å². The van der Waals surface area contributed by atoms with Crippen LogP contribution in [0.4, 0.5) is 0 Å². The largest absolute Gasteiger partial charge is 0.693 e. The zero-order chi connectivity index (χ0) is 75.2. The number of aliphatic hydroxyl groups excluding tert-OH is 4. The third kappa shape index (κ3) is 15.2. The molecule has 3 saturated carbocycles. The van der Waals surface area contributed by atoms with Gasteiger partial charge in [0.05, 0.1) is 71.2 Å². The number of halogens is 2. The van der Waals surface area contributed by atoms with E-state index in [4.69, 9.17) is 57.7 Å². The first-order chi connectivity index (χ1) is 48.7. The van der Waals surface area contributed by atoms with E-state index in [-0.39, 0.29) is 77.5 Å². The Labute approximate surface area is 621 Å². The maximum absolute atomic E-state index is 15.4. The maximum Gasteiger partial charge on any atom is -0.693 e. The quantitative estimate of drug-likeness (QED) is 0.0164. The molecule has 7 aliphatic rings. The van der Waals surface area contributed by atoms with Gasteiger partial charge in [-0.2, -0.15) is 0 Å². The number of hydrogen-bond donors (Lipinski definition) is 10. The van der Waals surface area contributed by atoms with Crippen molar-refractivity contribution < 1.29 is 134 Å². The summed E-state index contributed by atoms with van der Waals surface area (Å²) in [6.45, 7) is 7.45. The molecule has 27 nitrogen and oxygen atoms in total. The number of esters is 4. The number of phenolic OH excluding ortho intramolecular Hbond substituents is 2. The molecule has 6 aliphatic carbocycles. The van der Waals surface area contributed by atoms with Crippen LogP contribution >= 0.6 is 18.8 Å². The Kier molecular flexibility index (Phi) is 25.8. The number of carbonyl (C=O) groups excluding carboxylic acids is 9. The smallest absolute Gasteiger partial charge is 0.693 e. The molecule has 5 aromatic carbocycles. The molecule has 30 heteroatoms. The number of benzene rings is 5. The van der Waals surface area contributed by atoms with Gasteiger partial charge in [0.2, 0.25) is 5.78 Å². The molecule has 568 valence electrons. The van der Waals surface area contributed by atoms with Gasteiger partial charge >= 0.3 is 59.2 Å². The van der Waals surface area contributed by atoms with Crippen LogP contribution in [-0.4, -0.2) is 179 Å². The summed E-state index contributed by atoms with van der Waals surface area (Å²) in [7, 11) is 11.1. The van der Waals surface area contributed by atoms with Crippen molar-refractivity contribution in [3.8, 4) is 17.2 Å². The summed E-state index contributed by atoms with van der Waals surface area (Å²) in [6, 6.07) is 26.7. The number of phenols is 2. The Morgan fingerprint density at radius 1 is 0.781 bits per heavy atom. The number of carbonyl (C=O) groups is 9. The molecule has 0 aromatic heterocycles. The van der Waals surface area contributed by atoms with Crippen molar-refractivity contribution in [2.75, 3.05) is 13.7 Å². The molecule has 13 N–H and O–H groups in total. The van der Waals surface area contributed by atoms with Crippen molar-refractivity contribution in [2.24, 2.45) is 28.4 Å². The predicted molar refractivity (Wildman–Crippen MR) is 371 cm³/mol. The van der Waals surface area contributed by atoms with E-state index in [0.29, 0.717) is 12.0 Å². The summed E-state index contributed by atoms with van der Waals surface area (Å²) in [5.74, 6) is -10.8. The molecule has 4 fully saturated rings. The van der Waals surface area contributed by atoms with Crippen LogP contribution < -0.4 is 15.8 Å². The molecular weight excluding hydrogens is 1590 g/mol. The van der Waals surface area contributed by atoms with Gasteiger partial charge in [0, 0.05) is 79.2 Å². The van der Waals surface area contributed by atoms with Gasteiger partial charge in [0.15, 0.2) is 35.8 Å². The summed E-state index contributed by atoms with van der Waals surface area (Å²) in [5.41, 5.74) is -4.35. The number of fused-ring (bicyclic) bond motifs is 8. The van der Waals surface area contributed by atoms with Gasteiger partial charge in [-0.05, 0) is 80.7 Å². The van der Waals surface area contributed by atoms with Crippen molar-refractivity contribution in [1.82, 2.24) is 5.32 Å². The zero-order valence-electron chi connectivity index (χ0n) is 58.5. The van der Waals surface area contributed by atoms with E-state index in [9.17, 15) is 79.2 Å². The Bertz CT molecular complexity index is 4160. The molecular formula is C75H85Cl2N3O24Pt. The topological polar surface area (TPSA) is 452 Å². The number of nitrogens with two attached hydrogens (primary N) is 2. The number of ether oxygens (including phenoxy) is 7. The molecule has 1 saturated heterocycles. The van der Waals surface area contributed by atoms with Crippen LogP contribution in [0.3, 0.4) is 0 Å². The number of hydrogen-bond acceptors (Lipinski definition) is 25. The van der Waals surface area contributed by atoms with Gasteiger partial charge in [-0.1, -0.05) is 92.7 Å². The first kappa shape index (κ1) is 82.8. The minimum atomic E-state index is -2.33. The van der Waals surface area contributed by atoms with Crippen molar-refractivity contribution in [3.63, 3.8) is 0 Å². The second kappa shape index (κ2) is 32.7. The number of Topliss-reactive ketones (excluding diaryl/α,β-unsaturated/α-hetero) is 2. The fourth-order valence-corrected chi connectivity index (χ4v) is 16.0. The fraction of sp³-hybridized carbons (Fsp3) is 0.440. The first-order valence-electron chi connectivity index (χ1n) is 33.1. The molecule has 1 heterocycles. The second-order valence-corrected chi connectivity index (χ2v) is 30.9. The Balaban J connectivity index is 0.000000273. The third-order valence-electron chi connectivity index (χ3n) is 21.4. The summed E-state index contributed by atoms with van der Waals surface area (Å²) in [5, 5.41) is 93.8. The van der Waals surface area contributed by atoms with E-state index in [1.54, 1.807) is 99.6 Å². The van der Waals surface area contributed by atoms with Gasteiger partial charge in [0.1, 0.15) is 52.9 Å². The predicted octanol–water partition coefficient (Wildman–Crippen LogP) is 6.90. The fourth-order valence-electron chi connectivity index (χ4n) is 16.0. The van der Waals surface area contributed by atoms with Crippen LogP contribution in [0.2, 0.25) is 0 Å². The third-order valence-corrected chi connectivity index (χ3v) is 21.4. The number of nitrogens with one attached hydrogen (secondary N) is 1. The van der Waals surface area contributed by atoms with Crippen LogP contribution in [0.5, 0.6) is 17.2 Å². The molecule has 5 aromatic rings. The van der Waals surface area contributed by atoms with Crippen molar-refractivity contribution in [3.05, 3.63) is 184 Å². The molecule has 1 aliphatic heterocycles. The minimum Gasteiger partial charge on any atom is -0.693 e. The van der Waals surface area contributed by atoms with Gasteiger partial charge in [-0.15, -0.1) is 0 Å². The van der Waals surface area contributed by atoms with Gasteiger partial charge < -0.3 is 98.6 Å². The normalized spacial score (nSPS) is 29.9. The van der Waals surface area contributed by atoms with E-state index >= 15 is 4.79 Å². The molecule has 105 heavy (non-hydrogen) atoms. The molecule has 0 radical (unpaired) electrons. The molecule has 1 amide bonds. The van der Waals surface area contributed by atoms with Crippen LogP contribution in [0.15, 0.2) is 121 Å². The molecule has 17 atom stereocenters. The average Bonchev–Trinajstić information content (AvgIpc) is 0.672. The average molecular weight is 1680 g/mol. The standard InChI is InChI=1S/C47H51NO13.C27H29NO11.CH3.2ClH.H2N.Pt/c1-26(49)58-37-33-24-32(59-43(56)36(52)35(28-15-9-6-10-16-28)48-41(54)29-17-11-7-12-18-29)25-47(57,44(33,3)4)40(60-42(55)30-19-13-8-14-20-30)38-45(5,39(37)53)34(51)23-31-21-22-46(31,38)61-27(2)50;1-10-22(31)13(28)6-17(38-10)39-15-8-27(36,16(30)9-29)7-12-19(15)26(35)21-20(24(12)33)23(32)11-4-3-5-14(37-2)18(11)25(21)34;;;;;/h6-20,24,31-32,34-38,40,51-52,57H,21-23,25H2,1-5H3,(H,48,54);3-5,10,13,15,17,22,29,31,33,35-36H,6-9,28H2,1-2H3;1H3;2*1H;1H2;/q;;-1;;;-1;+4/p-2/t31-,32-,34+,35+,36-,37-,38+,40+,45-,46+,47-;10-,13-,15-,17-,22+,27-;;;;;/m10...../s1. The number of methoxy groups -OCH3 is 1. The number of aliphatic hydroxyl groups is 6. The van der Waals surface area contributed by atoms with Crippen molar-refractivity contribution >= 4 is 71.8 Å². The summed E-state index contributed by atoms with van der Waals surface area (Å²) in [6.07, 6.45) is -12.0. The van der Waals surface area contributed by atoms with Crippen molar-refractivity contribution in [1.29, 1.82) is 0 Å². The van der Waals surface area contributed by atoms with Gasteiger partial charge in [0.25, 0.3) is 5.91 Å². The summed E-state index contributed by atoms with van der Waals surface area (Å²) < 4.78 is 41.4. The van der Waals surface area contributed by atoms with Crippen LogP contribution in [-0.2, 0) is 75.3 Å². The van der Waals surface area contributed by atoms with E-state index in [2.05, 4.69) is 5.32 Å². The Hall–Kier alpha value is -7.86. The summed E-state index contributed by atoms with van der Waals surface area (Å²) in [4.78, 5) is 123. The second-order valence-electron chi connectivity index (χ2n) is 27.6. The maximum atomic E-state index is 15.4. The van der Waals surface area contributed by atoms with E-state index in [0.717, 1.165) is 6.92 Å². The monoisotopic (exact) mass is 1680 g/mol. The number of amides is 1. The van der Waals surface area contributed by atoms with Crippen molar-refractivity contribution in [2.45, 2.75) is 170 Å². The van der Waals surface area contributed by atoms with Crippen LogP contribution in [0.25, 0.3) is 6.15 Å². The Morgan fingerprint density at radius 2 is 1.38 bits per heavy atom. The molecule has 0 spiro atoms. The molecule has 2 bridgehead atoms. The van der Waals surface area contributed by atoms with Crippen LogP contribution in [0, 0.1) is 30.1 Å². The zero-order valence-corrected chi connectivity index (χ0v) is 62.3. The SMILES string of the molecule is CC(=O)O[C@H]1C(=O)[C@@]2(C)[C@H]([C@H](OC(=O)c3ccccc3)[C@]3(O)C[C@H](OC(=O)[C@H](O)[C@@H](NC(=O)c4ccccc4)c4ccccc4)C=C1C3(C)C)[C@]1(OC(C)=O)CC[C@@H]1C[C@@H]2O.COc1cccc2c1C(=O)c1c(O)c3c(c(O)c1C2=O)C[C@@](O)(C(=O)CO)C[C@@H]3O[C@H]1C[C@H](N)[C@H](O)[C@H](C)O1.[CH3-].[Cl][Pt+2][Cl].[NH2-]. The minimum absolute atomic E-state index is 0. The molecule has 0 unspecified atom stereocenters. The first-order valence-corrected chi connectivity index (χ1v) is 38.7.